The fourth-order valence-electron chi connectivity index (χ4n) is 2.70. The third kappa shape index (κ3) is 4.97. The lowest BCUT2D eigenvalue weighted by molar-refractivity contribution is 0.188. The molecule has 3 nitrogen and oxygen atoms in total. The van der Waals surface area contributed by atoms with E-state index in [0.717, 1.165) is 43.4 Å². The Morgan fingerprint density at radius 2 is 2.10 bits per heavy atom. The van der Waals surface area contributed by atoms with Gasteiger partial charge in [0.2, 0.25) is 0 Å². The summed E-state index contributed by atoms with van der Waals surface area (Å²) >= 11 is 5.85. The largest absolute Gasteiger partial charge is 0.494 e. The van der Waals surface area contributed by atoms with Crippen LogP contribution in [0.5, 0.6) is 5.75 Å². The molecule has 0 aliphatic carbocycles. The van der Waals surface area contributed by atoms with Crippen LogP contribution >= 0.6 is 11.6 Å². The molecule has 0 saturated carbocycles. The van der Waals surface area contributed by atoms with Gasteiger partial charge >= 0.3 is 0 Å². The van der Waals surface area contributed by atoms with E-state index in [-0.39, 0.29) is 0 Å². The minimum atomic E-state index is 0.713. The molecule has 20 heavy (non-hydrogen) atoms. The van der Waals surface area contributed by atoms with E-state index in [1.54, 1.807) is 0 Å². The highest BCUT2D eigenvalue weighted by Gasteiger charge is 2.20. The summed E-state index contributed by atoms with van der Waals surface area (Å²) in [6.07, 6.45) is 3.56. The number of nitrogens with one attached hydrogen (secondary N) is 1. The predicted molar refractivity (Wildman–Crippen MR) is 84.7 cm³/mol. The molecule has 2 rings (SSSR count). The molecule has 1 aromatic carbocycles. The van der Waals surface area contributed by atoms with Crippen LogP contribution in [0.4, 0.5) is 0 Å². The quantitative estimate of drug-likeness (QED) is 0.746. The highest BCUT2D eigenvalue weighted by Crippen LogP contribution is 2.16. The van der Waals surface area contributed by atoms with Gasteiger partial charge in [-0.1, -0.05) is 18.5 Å². The number of halogens is 1. The standard InChI is InChI=1S/C16H25ClN2O/c1-2-10-19(15-8-9-18-13-15)11-3-12-20-16-6-4-14(17)5-7-16/h4-7,15,18H,2-3,8-13H2,1H3. The second-order valence-electron chi connectivity index (χ2n) is 5.34. The molecule has 1 heterocycles. The van der Waals surface area contributed by atoms with Crippen LogP contribution < -0.4 is 10.1 Å². The molecular formula is C16H25ClN2O. The Balaban J connectivity index is 1.68. The van der Waals surface area contributed by atoms with Gasteiger partial charge in [-0.2, -0.15) is 0 Å². The van der Waals surface area contributed by atoms with E-state index in [9.17, 15) is 0 Å². The van der Waals surface area contributed by atoms with Gasteiger partial charge in [-0.05, 0) is 56.6 Å². The lowest BCUT2D eigenvalue weighted by Crippen LogP contribution is -2.38. The molecule has 1 aliphatic rings. The first-order valence-corrected chi connectivity index (χ1v) is 8.00. The number of hydrogen-bond donors (Lipinski definition) is 1. The van der Waals surface area contributed by atoms with Crippen LogP contribution in [-0.4, -0.2) is 43.7 Å². The Labute approximate surface area is 127 Å². The molecule has 1 N–H and O–H groups in total. The van der Waals surface area contributed by atoms with Crippen LogP contribution in [0.15, 0.2) is 24.3 Å². The van der Waals surface area contributed by atoms with Gasteiger partial charge in [0.25, 0.3) is 0 Å². The second kappa shape index (κ2) is 8.50. The summed E-state index contributed by atoms with van der Waals surface area (Å²) in [6, 6.07) is 8.29. The summed E-state index contributed by atoms with van der Waals surface area (Å²) in [6.45, 7) is 7.62. The molecule has 1 fully saturated rings. The van der Waals surface area contributed by atoms with Crippen molar-refractivity contribution in [1.82, 2.24) is 10.2 Å². The number of benzene rings is 1. The van der Waals surface area contributed by atoms with Crippen molar-refractivity contribution in [3.05, 3.63) is 29.3 Å². The number of rotatable bonds is 8. The molecule has 0 spiro atoms. The van der Waals surface area contributed by atoms with Crippen molar-refractivity contribution in [2.24, 2.45) is 0 Å². The Bertz CT molecular complexity index is 377. The summed E-state index contributed by atoms with van der Waals surface area (Å²) in [4.78, 5) is 2.60. The van der Waals surface area contributed by atoms with E-state index < -0.39 is 0 Å². The topological polar surface area (TPSA) is 24.5 Å². The van der Waals surface area contributed by atoms with Gasteiger partial charge in [-0.15, -0.1) is 0 Å². The molecule has 0 amide bonds. The summed E-state index contributed by atoms with van der Waals surface area (Å²) in [7, 11) is 0. The summed E-state index contributed by atoms with van der Waals surface area (Å²) in [5.41, 5.74) is 0. The van der Waals surface area contributed by atoms with E-state index in [4.69, 9.17) is 16.3 Å². The van der Waals surface area contributed by atoms with E-state index in [0.29, 0.717) is 6.04 Å². The van der Waals surface area contributed by atoms with E-state index >= 15 is 0 Å². The first-order chi connectivity index (χ1) is 9.79. The van der Waals surface area contributed by atoms with E-state index in [1.807, 2.05) is 24.3 Å². The van der Waals surface area contributed by atoms with Crippen molar-refractivity contribution in [3.8, 4) is 5.75 Å². The van der Waals surface area contributed by atoms with E-state index in [1.165, 1.54) is 19.4 Å². The average Bonchev–Trinajstić information content (AvgIpc) is 2.98. The zero-order chi connectivity index (χ0) is 14.2. The maximum absolute atomic E-state index is 5.85. The van der Waals surface area contributed by atoms with Crippen LogP contribution in [0.25, 0.3) is 0 Å². The van der Waals surface area contributed by atoms with Crippen LogP contribution in [0.2, 0.25) is 5.02 Å². The maximum Gasteiger partial charge on any atom is 0.119 e. The first kappa shape index (κ1) is 15.6. The zero-order valence-corrected chi connectivity index (χ0v) is 13.0. The fourth-order valence-corrected chi connectivity index (χ4v) is 2.83. The Hall–Kier alpha value is -0.770. The summed E-state index contributed by atoms with van der Waals surface area (Å²) < 4.78 is 5.75. The fraction of sp³-hybridized carbons (Fsp3) is 0.625. The number of nitrogens with zero attached hydrogens (tertiary/aromatic N) is 1. The van der Waals surface area contributed by atoms with Crippen LogP contribution in [0.3, 0.4) is 0 Å². The minimum Gasteiger partial charge on any atom is -0.494 e. The van der Waals surface area contributed by atoms with Crippen molar-refractivity contribution in [3.63, 3.8) is 0 Å². The van der Waals surface area contributed by atoms with Gasteiger partial charge in [0.1, 0.15) is 5.75 Å². The van der Waals surface area contributed by atoms with Gasteiger partial charge < -0.3 is 10.1 Å². The average molecular weight is 297 g/mol. The van der Waals surface area contributed by atoms with Crippen molar-refractivity contribution in [2.75, 3.05) is 32.8 Å². The molecule has 1 unspecified atom stereocenters. The Morgan fingerprint density at radius 1 is 1.30 bits per heavy atom. The SMILES string of the molecule is CCCN(CCCOc1ccc(Cl)cc1)C1CCNC1. The number of hydrogen-bond acceptors (Lipinski definition) is 3. The van der Waals surface area contributed by atoms with Gasteiger partial charge in [0, 0.05) is 24.2 Å². The molecule has 1 aliphatic heterocycles. The highest BCUT2D eigenvalue weighted by atomic mass is 35.5. The normalized spacial score (nSPS) is 18.6. The number of ether oxygens (including phenoxy) is 1. The molecule has 1 atom stereocenters. The minimum absolute atomic E-state index is 0.713. The second-order valence-corrected chi connectivity index (χ2v) is 5.77. The first-order valence-electron chi connectivity index (χ1n) is 7.62. The lowest BCUT2D eigenvalue weighted by Gasteiger charge is -2.27. The van der Waals surface area contributed by atoms with Crippen molar-refractivity contribution < 1.29 is 4.74 Å². The van der Waals surface area contributed by atoms with E-state index in [2.05, 4.69) is 17.1 Å². The van der Waals surface area contributed by atoms with Crippen LogP contribution in [0, 0.1) is 0 Å². The van der Waals surface area contributed by atoms with Gasteiger partial charge in [0.05, 0.1) is 6.61 Å². The zero-order valence-electron chi connectivity index (χ0n) is 12.3. The molecule has 0 aromatic heterocycles. The van der Waals surface area contributed by atoms with Gasteiger partial charge in [0.15, 0.2) is 0 Å². The van der Waals surface area contributed by atoms with Crippen molar-refractivity contribution in [2.45, 2.75) is 32.2 Å². The van der Waals surface area contributed by atoms with Crippen LogP contribution in [-0.2, 0) is 0 Å². The molecule has 0 bridgehead atoms. The monoisotopic (exact) mass is 296 g/mol. The Morgan fingerprint density at radius 3 is 2.75 bits per heavy atom. The van der Waals surface area contributed by atoms with Crippen molar-refractivity contribution >= 4 is 11.6 Å². The third-order valence-corrected chi connectivity index (χ3v) is 3.99. The molecular weight excluding hydrogens is 272 g/mol. The smallest absolute Gasteiger partial charge is 0.119 e. The van der Waals surface area contributed by atoms with Crippen molar-refractivity contribution in [1.29, 1.82) is 0 Å². The van der Waals surface area contributed by atoms with Gasteiger partial charge in [-0.25, -0.2) is 0 Å². The van der Waals surface area contributed by atoms with Crippen LogP contribution in [0.1, 0.15) is 26.2 Å². The lowest BCUT2D eigenvalue weighted by atomic mass is 10.2. The molecule has 112 valence electrons. The molecule has 0 radical (unpaired) electrons. The molecule has 1 aromatic rings. The summed E-state index contributed by atoms with van der Waals surface area (Å²) in [5, 5.41) is 4.20. The highest BCUT2D eigenvalue weighted by molar-refractivity contribution is 6.30. The third-order valence-electron chi connectivity index (χ3n) is 3.73. The maximum atomic E-state index is 5.85. The Kier molecular flexibility index (Phi) is 6.64. The molecule has 4 heteroatoms. The van der Waals surface area contributed by atoms with Gasteiger partial charge in [-0.3, -0.25) is 4.90 Å². The predicted octanol–water partition coefficient (Wildman–Crippen LogP) is 3.18. The summed E-state index contributed by atoms with van der Waals surface area (Å²) in [5.74, 6) is 0.902. The molecule has 1 saturated heterocycles.